The van der Waals surface area contributed by atoms with E-state index in [-0.39, 0.29) is 11.9 Å². The van der Waals surface area contributed by atoms with Gasteiger partial charge in [-0.15, -0.1) is 0 Å². The van der Waals surface area contributed by atoms with E-state index in [1.54, 1.807) is 6.07 Å². The first-order valence-corrected chi connectivity index (χ1v) is 9.69. The number of carbonyl (C=O) groups is 2. The van der Waals surface area contributed by atoms with Gasteiger partial charge < -0.3 is 15.0 Å². The first-order chi connectivity index (χ1) is 13.6. The number of rotatable bonds is 7. The molecule has 28 heavy (non-hydrogen) atoms. The quantitative estimate of drug-likeness (QED) is 0.449. The van der Waals surface area contributed by atoms with E-state index in [1.165, 1.54) is 0 Å². The smallest absolute Gasteiger partial charge is 0.335 e. The van der Waals surface area contributed by atoms with Gasteiger partial charge >= 0.3 is 5.97 Å². The lowest BCUT2D eigenvalue weighted by molar-refractivity contribution is -0.128. The Balaban J connectivity index is 1.77. The largest absolute Gasteiger partial charge is 0.423 e. The van der Waals surface area contributed by atoms with Gasteiger partial charge in [-0.3, -0.25) is 4.79 Å². The SMILES string of the molecule is C=CC(=O)Oc1ccc2c(c1)CCC2NC(=O)c1ccccc1N(CC)CC. The molecule has 3 rings (SSSR count). The van der Waals surface area contributed by atoms with Crippen LogP contribution in [0.3, 0.4) is 0 Å². The number of ether oxygens (including phenoxy) is 1. The number of amides is 1. The molecular weight excluding hydrogens is 352 g/mol. The topological polar surface area (TPSA) is 58.6 Å². The Bertz CT molecular complexity index is 887. The van der Waals surface area contributed by atoms with Crippen LogP contribution in [0.4, 0.5) is 5.69 Å². The van der Waals surface area contributed by atoms with Crippen molar-refractivity contribution in [3.63, 3.8) is 0 Å². The fourth-order valence-corrected chi connectivity index (χ4v) is 3.71. The second-order valence-corrected chi connectivity index (χ2v) is 6.74. The van der Waals surface area contributed by atoms with E-state index in [4.69, 9.17) is 4.74 Å². The number of hydrogen-bond donors (Lipinski definition) is 1. The van der Waals surface area contributed by atoms with E-state index >= 15 is 0 Å². The summed E-state index contributed by atoms with van der Waals surface area (Å²) in [5.74, 6) is -0.0409. The summed E-state index contributed by atoms with van der Waals surface area (Å²) in [4.78, 5) is 26.6. The summed E-state index contributed by atoms with van der Waals surface area (Å²) < 4.78 is 5.19. The van der Waals surface area contributed by atoms with Crippen molar-refractivity contribution < 1.29 is 14.3 Å². The number of para-hydroxylation sites is 1. The average Bonchev–Trinajstić information content (AvgIpc) is 3.11. The number of anilines is 1. The van der Waals surface area contributed by atoms with Crippen LogP contribution >= 0.6 is 0 Å². The van der Waals surface area contributed by atoms with Crippen molar-refractivity contribution in [3.05, 3.63) is 71.8 Å². The Morgan fingerprint density at radius 2 is 1.96 bits per heavy atom. The van der Waals surface area contributed by atoms with Crippen LogP contribution in [0.15, 0.2) is 55.1 Å². The van der Waals surface area contributed by atoms with Gasteiger partial charge in [-0.1, -0.05) is 24.8 Å². The number of aryl methyl sites for hydroxylation is 1. The molecule has 0 aliphatic heterocycles. The minimum atomic E-state index is -0.476. The molecule has 146 valence electrons. The zero-order chi connectivity index (χ0) is 20.1. The van der Waals surface area contributed by atoms with Crippen molar-refractivity contribution >= 4 is 17.6 Å². The molecule has 1 atom stereocenters. The van der Waals surface area contributed by atoms with Crippen molar-refractivity contribution in [2.75, 3.05) is 18.0 Å². The number of fused-ring (bicyclic) bond motifs is 1. The number of hydrogen-bond acceptors (Lipinski definition) is 4. The molecule has 0 aromatic heterocycles. The fourth-order valence-electron chi connectivity index (χ4n) is 3.71. The third-order valence-electron chi connectivity index (χ3n) is 5.14. The van der Waals surface area contributed by atoms with Crippen molar-refractivity contribution in [2.24, 2.45) is 0 Å². The van der Waals surface area contributed by atoms with E-state index in [9.17, 15) is 9.59 Å². The first kappa shape index (κ1) is 19.7. The third-order valence-corrected chi connectivity index (χ3v) is 5.14. The van der Waals surface area contributed by atoms with Crippen molar-refractivity contribution in [2.45, 2.75) is 32.7 Å². The van der Waals surface area contributed by atoms with Gasteiger partial charge in [0.2, 0.25) is 0 Å². The van der Waals surface area contributed by atoms with Gasteiger partial charge in [-0.2, -0.15) is 0 Å². The lowest BCUT2D eigenvalue weighted by Gasteiger charge is -2.24. The molecule has 0 fully saturated rings. The fraction of sp³-hybridized carbons (Fsp3) is 0.304. The van der Waals surface area contributed by atoms with Crippen LogP contribution in [0.2, 0.25) is 0 Å². The van der Waals surface area contributed by atoms with E-state index in [1.807, 2.05) is 36.4 Å². The normalized spacial score (nSPS) is 14.9. The van der Waals surface area contributed by atoms with Crippen LogP contribution < -0.4 is 15.0 Å². The predicted molar refractivity (Wildman–Crippen MR) is 111 cm³/mol. The molecule has 0 saturated carbocycles. The van der Waals surface area contributed by atoms with Gasteiger partial charge in [0, 0.05) is 24.9 Å². The maximum atomic E-state index is 13.0. The van der Waals surface area contributed by atoms with Gasteiger partial charge in [-0.05, 0) is 62.1 Å². The van der Waals surface area contributed by atoms with Gasteiger partial charge in [0.25, 0.3) is 5.91 Å². The zero-order valence-electron chi connectivity index (χ0n) is 16.4. The molecule has 0 spiro atoms. The molecule has 0 saturated heterocycles. The molecule has 1 aliphatic rings. The van der Waals surface area contributed by atoms with Gasteiger partial charge in [0.05, 0.1) is 11.6 Å². The summed E-state index contributed by atoms with van der Waals surface area (Å²) in [6.07, 6.45) is 2.80. The average molecular weight is 378 g/mol. The molecule has 1 unspecified atom stereocenters. The van der Waals surface area contributed by atoms with Crippen molar-refractivity contribution in [1.29, 1.82) is 0 Å². The first-order valence-electron chi connectivity index (χ1n) is 9.69. The van der Waals surface area contributed by atoms with Crippen molar-refractivity contribution in [3.8, 4) is 5.75 Å². The molecule has 0 bridgehead atoms. The lowest BCUT2D eigenvalue weighted by Crippen LogP contribution is -2.30. The Kier molecular flexibility index (Phi) is 6.14. The van der Waals surface area contributed by atoms with E-state index in [2.05, 4.69) is 30.6 Å². The monoisotopic (exact) mass is 378 g/mol. The Hall–Kier alpha value is -3.08. The van der Waals surface area contributed by atoms with Crippen LogP contribution in [0.1, 0.15) is 47.8 Å². The van der Waals surface area contributed by atoms with Crippen LogP contribution in [-0.2, 0) is 11.2 Å². The van der Waals surface area contributed by atoms with Gasteiger partial charge in [0.15, 0.2) is 0 Å². The van der Waals surface area contributed by atoms with Crippen LogP contribution in [0.25, 0.3) is 0 Å². The minimum absolute atomic E-state index is 0.0450. The molecule has 0 radical (unpaired) electrons. The molecule has 1 aliphatic carbocycles. The predicted octanol–water partition coefficient (Wildman–Crippen LogP) is 4.04. The molecular formula is C23H26N2O3. The standard InChI is InChI=1S/C23H26N2O3/c1-4-22(26)28-17-12-13-18-16(15-17)11-14-20(18)24-23(27)19-9-7-8-10-21(19)25(5-2)6-3/h4,7-10,12-13,15,20H,1,5-6,11,14H2,2-3H3,(H,24,27). The van der Waals surface area contributed by atoms with E-state index in [0.29, 0.717) is 11.3 Å². The molecule has 1 amide bonds. The second-order valence-electron chi connectivity index (χ2n) is 6.74. The second kappa shape index (κ2) is 8.74. The lowest BCUT2D eigenvalue weighted by atomic mass is 10.1. The molecule has 5 nitrogen and oxygen atoms in total. The summed E-state index contributed by atoms with van der Waals surface area (Å²) in [5, 5.41) is 3.18. The molecule has 2 aromatic carbocycles. The third kappa shape index (κ3) is 4.09. The van der Waals surface area contributed by atoms with E-state index in [0.717, 1.165) is 48.8 Å². The van der Waals surface area contributed by atoms with Gasteiger partial charge in [0.1, 0.15) is 5.75 Å². The molecule has 1 N–H and O–H groups in total. The Labute approximate surface area is 166 Å². The molecule has 2 aromatic rings. The zero-order valence-corrected chi connectivity index (χ0v) is 16.4. The highest BCUT2D eigenvalue weighted by atomic mass is 16.5. The van der Waals surface area contributed by atoms with Gasteiger partial charge in [-0.25, -0.2) is 4.79 Å². The maximum Gasteiger partial charge on any atom is 0.335 e. The number of esters is 1. The minimum Gasteiger partial charge on any atom is -0.423 e. The summed E-state index contributed by atoms with van der Waals surface area (Å²) in [6, 6.07) is 13.2. The highest BCUT2D eigenvalue weighted by Gasteiger charge is 2.26. The highest BCUT2D eigenvalue weighted by Crippen LogP contribution is 2.34. The number of nitrogens with one attached hydrogen (secondary N) is 1. The summed E-state index contributed by atoms with van der Waals surface area (Å²) in [6.45, 7) is 9.27. The molecule has 5 heteroatoms. The maximum absolute atomic E-state index is 13.0. The highest BCUT2D eigenvalue weighted by molar-refractivity contribution is 6.00. The van der Waals surface area contributed by atoms with Crippen LogP contribution in [-0.4, -0.2) is 25.0 Å². The number of benzene rings is 2. The molecule has 0 heterocycles. The van der Waals surface area contributed by atoms with E-state index < -0.39 is 5.97 Å². The summed E-state index contributed by atoms with van der Waals surface area (Å²) >= 11 is 0. The summed E-state index contributed by atoms with van der Waals surface area (Å²) in [5.41, 5.74) is 3.81. The summed E-state index contributed by atoms with van der Waals surface area (Å²) in [7, 11) is 0. The van der Waals surface area contributed by atoms with Crippen molar-refractivity contribution in [1.82, 2.24) is 5.32 Å². The van der Waals surface area contributed by atoms with Crippen LogP contribution in [0, 0.1) is 0 Å². The Morgan fingerprint density at radius 1 is 1.21 bits per heavy atom. The van der Waals surface area contributed by atoms with Crippen LogP contribution in [0.5, 0.6) is 5.75 Å². The number of carbonyl (C=O) groups excluding carboxylic acids is 2. The number of nitrogens with zero attached hydrogens (tertiary/aromatic N) is 1. The Morgan fingerprint density at radius 3 is 2.68 bits per heavy atom.